The van der Waals surface area contributed by atoms with Gasteiger partial charge in [-0.1, -0.05) is 0 Å². The molecule has 1 saturated heterocycles. The van der Waals surface area contributed by atoms with Crippen molar-refractivity contribution in [3.05, 3.63) is 0 Å². The molecule has 4 nitrogen and oxygen atoms in total. The molecule has 15 heavy (non-hydrogen) atoms. The molecule has 0 amide bonds. The van der Waals surface area contributed by atoms with Gasteiger partial charge in [0.2, 0.25) is 0 Å². The van der Waals surface area contributed by atoms with E-state index in [-0.39, 0.29) is 6.10 Å². The normalized spacial score (nSPS) is 32.6. The predicted molar refractivity (Wildman–Crippen MR) is 58.9 cm³/mol. The van der Waals surface area contributed by atoms with Crippen LogP contribution in [0.3, 0.4) is 0 Å². The summed E-state index contributed by atoms with van der Waals surface area (Å²) in [7, 11) is 0. The monoisotopic (exact) mass is 214 g/mol. The molecule has 0 atom stereocenters. The fraction of sp³-hybridized carbons (Fsp3) is 1.00. The van der Waals surface area contributed by atoms with Crippen molar-refractivity contribution in [2.75, 3.05) is 39.3 Å². The molecular formula is C11H22N2O2. The van der Waals surface area contributed by atoms with Gasteiger partial charge in [-0.05, 0) is 19.3 Å². The van der Waals surface area contributed by atoms with Crippen LogP contribution in [0.2, 0.25) is 0 Å². The van der Waals surface area contributed by atoms with Crippen LogP contribution in [0.4, 0.5) is 0 Å². The molecule has 0 aromatic carbocycles. The number of hydrogen-bond donors (Lipinski definition) is 2. The average molecular weight is 214 g/mol. The second-order valence-electron chi connectivity index (χ2n) is 4.56. The standard InChI is InChI=1S/C11H22N2O2/c14-10-8-11(9-10)15-7-1-4-13-5-2-12-3-6-13/h10-12,14H,1-9H2/t10-,11-. The van der Waals surface area contributed by atoms with Crippen LogP contribution in [0, 0.1) is 0 Å². The van der Waals surface area contributed by atoms with E-state index in [4.69, 9.17) is 9.84 Å². The Morgan fingerprint density at radius 1 is 1.27 bits per heavy atom. The van der Waals surface area contributed by atoms with Gasteiger partial charge in [-0.2, -0.15) is 0 Å². The van der Waals surface area contributed by atoms with E-state index >= 15 is 0 Å². The fourth-order valence-electron chi connectivity index (χ4n) is 2.15. The summed E-state index contributed by atoms with van der Waals surface area (Å²) in [6, 6.07) is 0. The molecule has 4 heteroatoms. The Balaban J connectivity index is 1.44. The summed E-state index contributed by atoms with van der Waals surface area (Å²) in [5.41, 5.74) is 0. The largest absolute Gasteiger partial charge is 0.393 e. The van der Waals surface area contributed by atoms with Crippen LogP contribution in [-0.2, 0) is 4.74 Å². The smallest absolute Gasteiger partial charge is 0.0624 e. The predicted octanol–water partition coefficient (Wildman–Crippen LogP) is -0.178. The molecule has 0 unspecified atom stereocenters. The number of rotatable bonds is 5. The lowest BCUT2D eigenvalue weighted by Gasteiger charge is -2.32. The van der Waals surface area contributed by atoms with E-state index < -0.39 is 0 Å². The second-order valence-corrected chi connectivity index (χ2v) is 4.56. The van der Waals surface area contributed by atoms with E-state index in [0.717, 1.165) is 45.5 Å². The maximum atomic E-state index is 9.08. The maximum absolute atomic E-state index is 9.08. The summed E-state index contributed by atoms with van der Waals surface area (Å²) in [4.78, 5) is 2.48. The number of ether oxygens (including phenoxy) is 1. The summed E-state index contributed by atoms with van der Waals surface area (Å²) in [6.45, 7) is 6.58. The van der Waals surface area contributed by atoms with Crippen LogP contribution < -0.4 is 5.32 Å². The second kappa shape index (κ2) is 5.80. The Labute approximate surface area is 91.6 Å². The molecule has 0 spiro atoms. The molecule has 0 radical (unpaired) electrons. The van der Waals surface area contributed by atoms with Gasteiger partial charge >= 0.3 is 0 Å². The zero-order chi connectivity index (χ0) is 10.5. The van der Waals surface area contributed by atoms with Gasteiger partial charge in [0, 0.05) is 39.3 Å². The minimum Gasteiger partial charge on any atom is -0.393 e. The summed E-state index contributed by atoms with van der Waals surface area (Å²) in [6.07, 6.45) is 3.04. The first-order valence-corrected chi connectivity index (χ1v) is 6.07. The van der Waals surface area contributed by atoms with E-state index in [0.29, 0.717) is 6.10 Å². The number of hydrogen-bond acceptors (Lipinski definition) is 4. The SMILES string of the molecule is O[C@H]1C[C@H](OCCCN2CCNCC2)C1. The van der Waals surface area contributed by atoms with Crippen LogP contribution in [-0.4, -0.2) is 61.5 Å². The molecule has 1 aliphatic heterocycles. The van der Waals surface area contributed by atoms with Gasteiger partial charge in [-0.25, -0.2) is 0 Å². The highest BCUT2D eigenvalue weighted by Gasteiger charge is 2.27. The quantitative estimate of drug-likeness (QED) is 0.623. The maximum Gasteiger partial charge on any atom is 0.0624 e. The third-order valence-corrected chi connectivity index (χ3v) is 3.25. The van der Waals surface area contributed by atoms with Crippen LogP contribution in [0.15, 0.2) is 0 Å². The molecule has 2 rings (SSSR count). The van der Waals surface area contributed by atoms with Gasteiger partial charge in [0.15, 0.2) is 0 Å². The van der Waals surface area contributed by atoms with Crippen molar-refractivity contribution >= 4 is 0 Å². The van der Waals surface area contributed by atoms with Crippen molar-refractivity contribution in [1.29, 1.82) is 0 Å². The first kappa shape index (κ1) is 11.3. The summed E-state index contributed by atoms with van der Waals surface area (Å²) in [5, 5.41) is 12.4. The van der Waals surface area contributed by atoms with Gasteiger partial charge < -0.3 is 20.1 Å². The van der Waals surface area contributed by atoms with Crippen molar-refractivity contribution in [2.45, 2.75) is 31.5 Å². The number of piperazine rings is 1. The number of aliphatic hydroxyl groups excluding tert-OH is 1. The third kappa shape index (κ3) is 3.72. The van der Waals surface area contributed by atoms with Crippen molar-refractivity contribution in [3.8, 4) is 0 Å². The van der Waals surface area contributed by atoms with E-state index in [1.807, 2.05) is 0 Å². The summed E-state index contributed by atoms with van der Waals surface area (Å²) < 4.78 is 5.64. The highest BCUT2D eigenvalue weighted by molar-refractivity contribution is 4.79. The molecule has 0 bridgehead atoms. The van der Waals surface area contributed by atoms with Crippen LogP contribution in [0.5, 0.6) is 0 Å². The van der Waals surface area contributed by atoms with Crippen LogP contribution >= 0.6 is 0 Å². The topological polar surface area (TPSA) is 44.7 Å². The van der Waals surface area contributed by atoms with E-state index in [1.165, 1.54) is 13.1 Å². The Kier molecular flexibility index (Phi) is 4.38. The van der Waals surface area contributed by atoms with E-state index in [2.05, 4.69) is 10.2 Å². The van der Waals surface area contributed by atoms with Crippen LogP contribution in [0.25, 0.3) is 0 Å². The van der Waals surface area contributed by atoms with Crippen molar-refractivity contribution < 1.29 is 9.84 Å². The number of nitrogens with zero attached hydrogens (tertiary/aromatic N) is 1. The highest BCUT2D eigenvalue weighted by atomic mass is 16.5. The first-order valence-electron chi connectivity index (χ1n) is 6.07. The molecule has 2 fully saturated rings. The molecule has 1 heterocycles. The van der Waals surface area contributed by atoms with Gasteiger partial charge in [-0.3, -0.25) is 0 Å². The summed E-state index contributed by atoms with van der Waals surface area (Å²) in [5.74, 6) is 0. The van der Waals surface area contributed by atoms with Crippen molar-refractivity contribution in [1.82, 2.24) is 10.2 Å². The van der Waals surface area contributed by atoms with Gasteiger partial charge in [0.05, 0.1) is 12.2 Å². The molecule has 0 aromatic heterocycles. The van der Waals surface area contributed by atoms with Crippen molar-refractivity contribution in [3.63, 3.8) is 0 Å². The minimum atomic E-state index is -0.0943. The van der Waals surface area contributed by atoms with E-state index in [1.54, 1.807) is 0 Å². The lowest BCUT2D eigenvalue weighted by molar-refractivity contribution is -0.0722. The first-order chi connectivity index (χ1) is 7.34. The fourth-order valence-corrected chi connectivity index (χ4v) is 2.15. The zero-order valence-electron chi connectivity index (χ0n) is 9.32. The molecule has 0 aromatic rings. The van der Waals surface area contributed by atoms with Crippen LogP contribution in [0.1, 0.15) is 19.3 Å². The Morgan fingerprint density at radius 3 is 2.67 bits per heavy atom. The molecule has 1 saturated carbocycles. The van der Waals surface area contributed by atoms with Gasteiger partial charge in [0.1, 0.15) is 0 Å². The molecule has 1 aliphatic carbocycles. The van der Waals surface area contributed by atoms with Crippen molar-refractivity contribution in [2.24, 2.45) is 0 Å². The highest BCUT2D eigenvalue weighted by Crippen LogP contribution is 2.22. The van der Waals surface area contributed by atoms with E-state index in [9.17, 15) is 0 Å². The molecule has 2 N–H and O–H groups in total. The number of aliphatic hydroxyl groups is 1. The Hall–Kier alpha value is -0.160. The number of nitrogens with one attached hydrogen (secondary N) is 1. The molecular weight excluding hydrogens is 192 g/mol. The molecule has 2 aliphatic rings. The van der Waals surface area contributed by atoms with Gasteiger partial charge in [0.25, 0.3) is 0 Å². The molecule has 88 valence electrons. The minimum absolute atomic E-state index is 0.0943. The lowest BCUT2D eigenvalue weighted by atomic mass is 9.92. The Bertz CT molecular complexity index is 177. The third-order valence-electron chi connectivity index (χ3n) is 3.25. The Morgan fingerprint density at radius 2 is 2.00 bits per heavy atom. The van der Waals surface area contributed by atoms with Gasteiger partial charge in [-0.15, -0.1) is 0 Å². The zero-order valence-corrected chi connectivity index (χ0v) is 9.32. The average Bonchev–Trinajstić information content (AvgIpc) is 2.23. The summed E-state index contributed by atoms with van der Waals surface area (Å²) >= 11 is 0. The lowest BCUT2D eigenvalue weighted by Crippen LogP contribution is -2.44.